The van der Waals surface area contributed by atoms with Crippen molar-refractivity contribution in [3.63, 3.8) is 0 Å². The van der Waals surface area contributed by atoms with Crippen molar-refractivity contribution in [1.82, 2.24) is 0 Å². The van der Waals surface area contributed by atoms with Gasteiger partial charge in [0.2, 0.25) is 0 Å². The predicted octanol–water partition coefficient (Wildman–Crippen LogP) is 1.49. The number of hydrogen-bond donors (Lipinski definition) is 2. The third-order valence-corrected chi connectivity index (χ3v) is 1.09. The summed E-state index contributed by atoms with van der Waals surface area (Å²) in [6.45, 7) is 0. The lowest BCUT2D eigenvalue weighted by Gasteiger charge is -1.92. The highest BCUT2D eigenvalue weighted by Crippen LogP contribution is 2.10. The maximum Gasteiger partial charge on any atom is 0.328 e. The second kappa shape index (κ2) is 3.57. The minimum atomic E-state index is -1.27. The van der Waals surface area contributed by atoms with E-state index < -0.39 is 11.7 Å². The summed E-state index contributed by atoms with van der Waals surface area (Å²) in [5.41, 5.74) is 0.116. The van der Waals surface area contributed by atoms with Crippen molar-refractivity contribution in [2.75, 3.05) is 0 Å². The minimum absolute atomic E-state index is 0.116. The molecule has 0 radical (unpaired) electrons. The van der Waals surface area contributed by atoms with Gasteiger partial charge in [-0.3, -0.25) is 0 Å². The van der Waals surface area contributed by atoms with Crippen LogP contribution in [0.25, 0.3) is 6.05 Å². The summed E-state index contributed by atoms with van der Waals surface area (Å²) in [6.07, 6.45) is 0.658. The summed E-state index contributed by atoms with van der Waals surface area (Å²) >= 11 is 0. The zero-order chi connectivity index (χ0) is 11.6. The second-order valence-corrected chi connectivity index (χ2v) is 2.01. The third kappa shape index (κ3) is 2.46. The van der Waals surface area contributed by atoms with Crippen molar-refractivity contribution in [1.29, 1.82) is 0 Å². The van der Waals surface area contributed by atoms with Gasteiger partial charge in [0, 0.05) is 6.08 Å². The number of aliphatic carboxylic acids is 1. The van der Waals surface area contributed by atoms with Crippen LogP contribution < -0.4 is 0 Å². The van der Waals surface area contributed by atoms with Gasteiger partial charge in [-0.1, -0.05) is 12.1 Å². The van der Waals surface area contributed by atoms with E-state index in [4.69, 9.17) is 14.3 Å². The molecule has 0 amide bonds. The van der Waals surface area contributed by atoms with E-state index in [9.17, 15) is 4.79 Å². The van der Waals surface area contributed by atoms with Crippen LogP contribution in [-0.2, 0) is 4.79 Å². The monoisotopic (exact) mass is 167 g/mol. The molecule has 0 saturated carbocycles. The molecule has 3 nitrogen and oxygen atoms in total. The van der Waals surface area contributed by atoms with Gasteiger partial charge in [-0.25, -0.2) is 4.79 Å². The maximum atomic E-state index is 10.3. The van der Waals surface area contributed by atoms with Crippen LogP contribution in [0.2, 0.25) is 0 Å². The smallest absolute Gasteiger partial charge is 0.328 e. The lowest BCUT2D eigenvalue weighted by atomic mass is 10.2. The maximum absolute atomic E-state index is 10.3. The fourth-order valence-electron chi connectivity index (χ4n) is 0.604. The lowest BCUT2D eigenvalue weighted by Crippen LogP contribution is -1.85. The Bertz CT molecular complexity index is 417. The highest BCUT2D eigenvalue weighted by atomic mass is 16.4. The summed E-state index contributed by atoms with van der Waals surface area (Å²) in [5, 5.41) is 17.5. The molecule has 0 heterocycles. The zero-order valence-corrected chi connectivity index (χ0v) is 6.03. The molecule has 0 fully saturated rings. The van der Waals surface area contributed by atoms with Crippen LogP contribution in [0, 0.1) is 0 Å². The first-order valence-electron chi connectivity index (χ1n) is 4.63. The zero-order valence-electron chi connectivity index (χ0n) is 9.03. The molecule has 2 N–H and O–H groups in total. The van der Waals surface area contributed by atoms with Gasteiger partial charge in [-0.2, -0.15) is 0 Å². The molecular weight excluding hydrogens is 156 g/mol. The van der Waals surface area contributed by atoms with Crippen LogP contribution in [-0.4, -0.2) is 16.2 Å². The number of hydrogen-bond acceptors (Lipinski definition) is 2. The van der Waals surface area contributed by atoms with Crippen molar-refractivity contribution in [3.8, 4) is 5.75 Å². The van der Waals surface area contributed by atoms with Gasteiger partial charge in [0.25, 0.3) is 0 Å². The Kier molecular flexibility index (Phi) is 1.48. The quantitative estimate of drug-likeness (QED) is 0.656. The van der Waals surface area contributed by atoms with Crippen molar-refractivity contribution >= 4 is 12.0 Å². The number of carboxylic acid groups (broad SMARTS) is 1. The molecular formula is C9H8O3. The summed E-state index contributed by atoms with van der Waals surface area (Å²) in [4.78, 5) is 10.3. The van der Waals surface area contributed by atoms with Crippen LogP contribution in [0.4, 0.5) is 0 Å². The van der Waals surface area contributed by atoms with E-state index in [1.54, 1.807) is 0 Å². The molecule has 0 aromatic heterocycles. The summed E-state index contributed by atoms with van der Waals surface area (Å²) in [5.74, 6) is -1.76. The van der Waals surface area contributed by atoms with Crippen molar-refractivity contribution in [2.24, 2.45) is 0 Å². The molecule has 0 atom stereocenters. The number of phenols is 1. The van der Waals surface area contributed by atoms with Crippen LogP contribution in [0.1, 0.15) is 9.68 Å². The van der Waals surface area contributed by atoms with E-state index in [-0.39, 0.29) is 23.7 Å². The SMILES string of the molecule is [2H]/C(=C\C(=O)O)c1cc([2H])c(O)c([2H])c1. The van der Waals surface area contributed by atoms with E-state index in [1.807, 2.05) is 0 Å². The van der Waals surface area contributed by atoms with Crippen LogP contribution in [0.5, 0.6) is 5.75 Å². The number of phenolic OH excluding ortho intramolecular Hbond substituents is 1. The first kappa shape index (κ1) is 4.98. The number of rotatable bonds is 2. The second-order valence-electron chi connectivity index (χ2n) is 2.01. The van der Waals surface area contributed by atoms with Gasteiger partial charge in [-0.15, -0.1) is 0 Å². The van der Waals surface area contributed by atoms with E-state index >= 15 is 0 Å². The van der Waals surface area contributed by atoms with E-state index in [0.717, 1.165) is 12.1 Å². The molecule has 1 aromatic rings. The van der Waals surface area contributed by atoms with Gasteiger partial charge < -0.3 is 10.2 Å². The average Bonchev–Trinajstić information content (AvgIpc) is 2.12. The Morgan fingerprint density at radius 3 is 2.67 bits per heavy atom. The Morgan fingerprint density at radius 2 is 2.17 bits per heavy atom. The van der Waals surface area contributed by atoms with Crippen LogP contribution in [0.3, 0.4) is 0 Å². The van der Waals surface area contributed by atoms with Crippen LogP contribution in [0.15, 0.2) is 30.3 Å². The van der Waals surface area contributed by atoms with Crippen LogP contribution >= 0.6 is 0 Å². The van der Waals surface area contributed by atoms with Crippen molar-refractivity contribution in [3.05, 3.63) is 35.9 Å². The Morgan fingerprint density at radius 1 is 1.58 bits per heavy atom. The first-order chi connectivity index (χ1) is 6.91. The summed E-state index contributed by atoms with van der Waals surface area (Å²) < 4.78 is 21.8. The Hall–Kier alpha value is -1.77. The standard InChI is InChI=1S/C9H8O3/c10-8-4-1-7(2-5-8)3-6-9(11)12/h1-6,10H,(H,11,12)/b6-3+/i3D,4D,5D. The van der Waals surface area contributed by atoms with Gasteiger partial charge in [0.15, 0.2) is 0 Å². The van der Waals surface area contributed by atoms with Crippen molar-refractivity contribution in [2.45, 2.75) is 0 Å². The summed E-state index contributed by atoms with van der Waals surface area (Å²) in [6, 6.07) is 1.34. The average molecular weight is 167 g/mol. The lowest BCUT2D eigenvalue weighted by molar-refractivity contribution is -0.131. The molecule has 0 aliphatic rings. The largest absolute Gasteiger partial charge is 0.508 e. The highest BCUT2D eigenvalue weighted by Gasteiger charge is 1.89. The topological polar surface area (TPSA) is 57.5 Å². The van der Waals surface area contributed by atoms with Gasteiger partial charge in [0.1, 0.15) is 5.75 Å². The molecule has 0 aliphatic heterocycles. The number of aromatic hydroxyl groups is 1. The molecule has 12 heavy (non-hydrogen) atoms. The van der Waals surface area contributed by atoms with E-state index in [2.05, 4.69) is 0 Å². The molecule has 0 spiro atoms. The highest BCUT2D eigenvalue weighted by molar-refractivity contribution is 5.85. The molecule has 0 aliphatic carbocycles. The Balaban J connectivity index is 3.23. The normalized spacial score (nSPS) is 14.7. The molecule has 62 valence electrons. The molecule has 1 aromatic carbocycles. The number of carboxylic acids is 1. The first-order valence-corrected chi connectivity index (χ1v) is 3.13. The van der Waals surface area contributed by atoms with Gasteiger partial charge >= 0.3 is 5.97 Å². The van der Waals surface area contributed by atoms with Gasteiger partial charge in [-0.05, 0) is 23.7 Å². The molecule has 0 unspecified atom stereocenters. The predicted molar refractivity (Wildman–Crippen MR) is 44.8 cm³/mol. The van der Waals surface area contributed by atoms with Gasteiger partial charge in [0.05, 0.1) is 4.11 Å². The molecule has 0 saturated heterocycles. The number of carbonyl (C=O) groups is 1. The summed E-state index contributed by atoms with van der Waals surface area (Å²) in [7, 11) is 0. The number of benzene rings is 1. The molecule has 0 bridgehead atoms. The fraction of sp³-hybridized carbons (Fsp3) is 0. The van der Waals surface area contributed by atoms with E-state index in [1.165, 1.54) is 0 Å². The van der Waals surface area contributed by atoms with Crippen molar-refractivity contribution < 1.29 is 19.1 Å². The third-order valence-electron chi connectivity index (χ3n) is 1.09. The van der Waals surface area contributed by atoms with E-state index in [0.29, 0.717) is 6.08 Å². The molecule has 3 heteroatoms. The fourth-order valence-corrected chi connectivity index (χ4v) is 0.604. The molecule has 1 rings (SSSR count). The minimum Gasteiger partial charge on any atom is -0.508 e. The Labute approximate surface area is 73.8 Å².